The summed E-state index contributed by atoms with van der Waals surface area (Å²) < 4.78 is 7.81. The van der Waals surface area contributed by atoms with Crippen LogP contribution in [0.3, 0.4) is 0 Å². The number of hydrogen-bond acceptors (Lipinski definition) is 9. The van der Waals surface area contributed by atoms with Gasteiger partial charge in [-0.3, -0.25) is 9.69 Å². The van der Waals surface area contributed by atoms with E-state index in [1.54, 1.807) is 16.4 Å². The number of nitrogens with two attached hydrogens (primary N) is 1. The van der Waals surface area contributed by atoms with Crippen LogP contribution in [0.4, 0.5) is 0 Å². The van der Waals surface area contributed by atoms with E-state index in [1.165, 1.54) is 16.7 Å². The molecule has 0 radical (unpaired) electrons. The van der Waals surface area contributed by atoms with Crippen LogP contribution in [0, 0.1) is 0 Å². The van der Waals surface area contributed by atoms with Gasteiger partial charge in [-0.05, 0) is 39.3 Å². The second-order valence-corrected chi connectivity index (χ2v) is 11.0. The molecule has 1 aromatic heterocycles. The van der Waals surface area contributed by atoms with Crippen LogP contribution in [0.2, 0.25) is 0 Å². The highest BCUT2D eigenvalue weighted by molar-refractivity contribution is 8.01. The summed E-state index contributed by atoms with van der Waals surface area (Å²) in [5.74, 6) is 0.0918. The number of halogens is 1. The lowest BCUT2D eigenvalue weighted by molar-refractivity contribution is -0.153. The van der Waals surface area contributed by atoms with Crippen LogP contribution in [0.1, 0.15) is 17.2 Å². The molecule has 2 aliphatic rings. The number of β-lactam (4-membered cyclic amide) rings is 1. The Labute approximate surface area is 245 Å². The zero-order valence-corrected chi connectivity index (χ0v) is 23.5. The van der Waals surface area contributed by atoms with Crippen molar-refractivity contribution in [1.29, 1.82) is 0 Å². The minimum absolute atomic E-state index is 0. The Morgan fingerprint density at radius 1 is 1.00 bits per heavy atom. The molecule has 1 saturated heterocycles. The van der Waals surface area contributed by atoms with Gasteiger partial charge in [0, 0.05) is 11.5 Å². The smallest absolute Gasteiger partial charge is 0.356 e. The Bertz CT molecular complexity index is 1480. The van der Waals surface area contributed by atoms with Gasteiger partial charge in [-0.1, -0.05) is 90.6 Å². The highest BCUT2D eigenvalue weighted by Crippen LogP contribution is 2.42. The van der Waals surface area contributed by atoms with Crippen molar-refractivity contribution >= 4 is 47.8 Å². The monoisotopic (exact) mass is 592 g/mol. The summed E-state index contributed by atoms with van der Waals surface area (Å²) in [6.07, 6.45) is -0.634. The van der Waals surface area contributed by atoms with E-state index in [4.69, 9.17) is 10.5 Å². The fourth-order valence-electron chi connectivity index (χ4n) is 4.58. The molecule has 204 valence electrons. The number of para-hydroxylation sites is 1. The van der Waals surface area contributed by atoms with E-state index in [2.05, 4.69) is 15.5 Å². The average molecular weight is 593 g/mol. The second kappa shape index (κ2) is 12.3. The van der Waals surface area contributed by atoms with Crippen molar-refractivity contribution in [1.82, 2.24) is 25.1 Å². The average Bonchev–Trinajstić information content (AvgIpc) is 3.48. The van der Waals surface area contributed by atoms with Gasteiger partial charge >= 0.3 is 5.97 Å². The Balaban J connectivity index is 0.00000323. The molecule has 3 heterocycles. The number of tetrazole rings is 1. The van der Waals surface area contributed by atoms with Crippen LogP contribution in [-0.2, 0) is 14.3 Å². The summed E-state index contributed by atoms with van der Waals surface area (Å²) in [4.78, 5) is 28.2. The second-order valence-electron chi connectivity index (χ2n) is 8.99. The minimum atomic E-state index is -0.642. The molecule has 6 rings (SSSR count). The molecule has 1 fully saturated rings. The van der Waals surface area contributed by atoms with E-state index in [9.17, 15) is 9.59 Å². The molecule has 9 nitrogen and oxygen atoms in total. The van der Waals surface area contributed by atoms with Crippen LogP contribution in [0.15, 0.2) is 107 Å². The van der Waals surface area contributed by atoms with Crippen molar-refractivity contribution in [3.05, 3.63) is 113 Å². The van der Waals surface area contributed by atoms with Gasteiger partial charge in [-0.15, -0.1) is 29.3 Å². The van der Waals surface area contributed by atoms with E-state index < -0.39 is 18.1 Å². The molecule has 12 heteroatoms. The van der Waals surface area contributed by atoms with Crippen molar-refractivity contribution in [2.45, 2.75) is 22.7 Å². The predicted molar refractivity (Wildman–Crippen MR) is 156 cm³/mol. The highest BCUT2D eigenvalue weighted by Gasteiger charge is 2.52. The standard InChI is InChI=1S/C28H24N6O3S2.ClH/c29-22-25(35)33-23(27(36)37-24(18-10-4-1-5-11-18)19-12-6-2-7-13-19)20(16-38-26(22)33)17-39-28-30-31-32-34(28)21-14-8-3-9-15-21;/h1-15,22,24,26H,16-17,29H2;1H/t22-,26-;/m1./s1. The molecule has 2 N–H and O–H groups in total. The van der Waals surface area contributed by atoms with Crippen LogP contribution < -0.4 is 5.73 Å². The van der Waals surface area contributed by atoms with Gasteiger partial charge in [0.25, 0.3) is 0 Å². The quantitative estimate of drug-likeness (QED) is 0.184. The number of nitrogens with zero attached hydrogens (tertiary/aromatic N) is 5. The van der Waals surface area contributed by atoms with E-state index in [-0.39, 0.29) is 29.4 Å². The Hall–Kier alpha value is -3.64. The molecule has 2 aliphatic heterocycles. The Morgan fingerprint density at radius 3 is 2.23 bits per heavy atom. The SMILES string of the molecule is Cl.N[C@@H]1C(=O)N2C(C(=O)OC(c3ccccc3)c3ccccc3)=C(CSc3nnnn3-c3ccccc3)CS[C@H]12. The number of esters is 1. The van der Waals surface area contributed by atoms with Crippen LogP contribution in [0.25, 0.3) is 5.69 Å². The van der Waals surface area contributed by atoms with Gasteiger partial charge < -0.3 is 10.5 Å². The first-order valence-electron chi connectivity index (χ1n) is 12.3. The fourth-order valence-corrected chi connectivity index (χ4v) is 6.90. The first-order chi connectivity index (χ1) is 19.1. The van der Waals surface area contributed by atoms with Gasteiger partial charge in [0.2, 0.25) is 11.1 Å². The number of hydrogen-bond donors (Lipinski definition) is 1. The molecule has 1 amide bonds. The number of fused-ring (bicyclic) bond motifs is 1. The molecular weight excluding hydrogens is 568 g/mol. The van der Waals surface area contributed by atoms with Crippen molar-refractivity contribution in [2.75, 3.05) is 11.5 Å². The molecule has 40 heavy (non-hydrogen) atoms. The maximum Gasteiger partial charge on any atom is 0.356 e. The maximum absolute atomic E-state index is 13.9. The molecule has 0 bridgehead atoms. The highest BCUT2D eigenvalue weighted by atomic mass is 35.5. The summed E-state index contributed by atoms with van der Waals surface area (Å²) in [7, 11) is 0. The van der Waals surface area contributed by atoms with Gasteiger partial charge in [0.05, 0.1) is 5.69 Å². The third kappa shape index (κ3) is 5.37. The number of thioether (sulfide) groups is 2. The molecular formula is C28H25ClN6O3S2. The first-order valence-corrected chi connectivity index (χ1v) is 14.3. The molecule has 4 aromatic rings. The van der Waals surface area contributed by atoms with Crippen molar-refractivity contribution in [3.63, 3.8) is 0 Å². The van der Waals surface area contributed by atoms with E-state index in [0.29, 0.717) is 16.7 Å². The molecule has 0 saturated carbocycles. The number of ether oxygens (including phenoxy) is 1. The summed E-state index contributed by atoms with van der Waals surface area (Å²) in [6.45, 7) is 0. The van der Waals surface area contributed by atoms with Gasteiger partial charge in [-0.2, -0.15) is 4.68 Å². The predicted octanol–water partition coefficient (Wildman–Crippen LogP) is 4.01. The van der Waals surface area contributed by atoms with E-state index in [1.807, 2.05) is 91.0 Å². The summed E-state index contributed by atoms with van der Waals surface area (Å²) in [6, 6.07) is 28.1. The zero-order chi connectivity index (χ0) is 26.8. The normalized spacial score (nSPS) is 18.1. The van der Waals surface area contributed by atoms with Crippen molar-refractivity contribution in [3.8, 4) is 5.69 Å². The topological polar surface area (TPSA) is 116 Å². The van der Waals surface area contributed by atoms with Gasteiger partial charge in [0.15, 0.2) is 6.10 Å². The number of carbonyl (C=O) groups is 2. The lowest BCUT2D eigenvalue weighted by Gasteiger charge is -2.48. The molecule has 0 spiro atoms. The summed E-state index contributed by atoms with van der Waals surface area (Å²) in [5.41, 5.74) is 9.61. The Morgan fingerprint density at radius 2 is 1.60 bits per heavy atom. The lowest BCUT2D eigenvalue weighted by atomic mass is 10.0. The fraction of sp³-hybridized carbons (Fsp3) is 0.179. The third-order valence-electron chi connectivity index (χ3n) is 6.53. The Kier molecular flexibility index (Phi) is 8.55. The summed E-state index contributed by atoms with van der Waals surface area (Å²) in [5, 5.41) is 12.4. The van der Waals surface area contributed by atoms with E-state index in [0.717, 1.165) is 22.4 Å². The molecule has 2 atom stereocenters. The zero-order valence-electron chi connectivity index (χ0n) is 21.1. The van der Waals surface area contributed by atoms with Gasteiger partial charge in [-0.25, -0.2) is 4.79 Å². The number of amides is 1. The van der Waals surface area contributed by atoms with Crippen LogP contribution in [-0.4, -0.2) is 59.9 Å². The first kappa shape index (κ1) is 27.9. The largest absolute Gasteiger partial charge is 0.448 e. The number of rotatable bonds is 8. The maximum atomic E-state index is 13.9. The lowest BCUT2D eigenvalue weighted by Crippen LogP contribution is -2.68. The molecule has 3 aromatic carbocycles. The van der Waals surface area contributed by atoms with Gasteiger partial charge in [0.1, 0.15) is 17.1 Å². The van der Waals surface area contributed by atoms with Crippen LogP contribution in [0.5, 0.6) is 0 Å². The van der Waals surface area contributed by atoms with Crippen LogP contribution >= 0.6 is 35.9 Å². The van der Waals surface area contributed by atoms with Crippen molar-refractivity contribution in [2.24, 2.45) is 5.73 Å². The number of carbonyl (C=O) groups excluding carboxylic acids is 2. The van der Waals surface area contributed by atoms with E-state index >= 15 is 0 Å². The van der Waals surface area contributed by atoms with Crippen molar-refractivity contribution < 1.29 is 14.3 Å². The molecule has 0 aliphatic carbocycles. The number of benzene rings is 3. The number of aromatic nitrogens is 4. The minimum Gasteiger partial charge on any atom is -0.448 e. The summed E-state index contributed by atoms with van der Waals surface area (Å²) >= 11 is 2.94. The third-order valence-corrected chi connectivity index (χ3v) is 8.89. The molecule has 0 unspecified atom stereocenters.